The van der Waals surface area contributed by atoms with Crippen LogP contribution in [0.5, 0.6) is 5.75 Å². The van der Waals surface area contributed by atoms with E-state index in [1.165, 1.54) is 5.56 Å². The van der Waals surface area contributed by atoms with Crippen LogP contribution in [0.1, 0.15) is 148 Å². The third kappa shape index (κ3) is 5.98. The van der Waals surface area contributed by atoms with Gasteiger partial charge in [-0.2, -0.15) is 0 Å². The Morgan fingerprint density at radius 1 is 0.646 bits per heavy atom. The fraction of sp³-hybridized carbons (Fsp3) is 0.328. The summed E-state index contributed by atoms with van der Waals surface area (Å²) < 4.78 is 101. The summed E-state index contributed by atoms with van der Waals surface area (Å²) in [7, 11) is 0. The number of para-hydroxylation sites is 1. The average molecular weight is 865 g/mol. The van der Waals surface area contributed by atoms with Gasteiger partial charge in [-0.1, -0.05) is 167 Å². The number of anilines is 3. The summed E-state index contributed by atoms with van der Waals surface area (Å²) in [4.78, 5) is 4.70. The maximum atomic E-state index is 10.4. The van der Waals surface area contributed by atoms with Crippen molar-refractivity contribution in [3.8, 4) is 50.4 Å². The molecular formula is C61H64N3O+. The lowest BCUT2D eigenvalue weighted by molar-refractivity contribution is -0.774. The Bertz CT molecular complexity index is 3610. The van der Waals surface area contributed by atoms with Crippen LogP contribution in [0, 0.1) is 6.85 Å². The van der Waals surface area contributed by atoms with Gasteiger partial charge >= 0.3 is 5.85 Å². The van der Waals surface area contributed by atoms with Crippen molar-refractivity contribution >= 4 is 17.1 Å². The molecule has 4 nitrogen and oxygen atoms in total. The summed E-state index contributed by atoms with van der Waals surface area (Å²) in [6.07, 6.45) is -0.0945. The van der Waals surface area contributed by atoms with Gasteiger partial charge in [-0.3, -0.25) is 0 Å². The zero-order chi connectivity index (χ0) is 54.3. The molecule has 0 bridgehead atoms. The largest absolute Gasteiger partial charge is 0.432 e. The number of ether oxygens (including phenoxy) is 1. The van der Waals surface area contributed by atoms with E-state index in [0.717, 1.165) is 68.0 Å². The van der Waals surface area contributed by atoms with Crippen molar-refractivity contribution < 1.29 is 23.0 Å². The second-order valence-electron chi connectivity index (χ2n) is 22.1. The molecule has 6 aromatic carbocycles. The number of aromatic nitrogens is 1. The molecule has 4 aliphatic heterocycles. The summed E-state index contributed by atoms with van der Waals surface area (Å²) in [6.45, 7) is 23.4. The fourth-order valence-corrected chi connectivity index (χ4v) is 10.4. The topological polar surface area (TPSA) is 19.6 Å². The van der Waals surface area contributed by atoms with Gasteiger partial charge in [0.25, 0.3) is 0 Å². The highest BCUT2D eigenvalue weighted by Gasteiger charge is 2.70. The molecule has 65 heavy (non-hydrogen) atoms. The maximum absolute atomic E-state index is 10.4. The van der Waals surface area contributed by atoms with Crippen molar-refractivity contribution in [1.82, 2.24) is 0 Å². The summed E-state index contributed by atoms with van der Waals surface area (Å²) >= 11 is 0. The van der Waals surface area contributed by atoms with Gasteiger partial charge in [0.05, 0.1) is 30.9 Å². The van der Waals surface area contributed by atoms with E-state index in [2.05, 4.69) is 172 Å². The van der Waals surface area contributed by atoms with E-state index in [0.29, 0.717) is 16.9 Å². The molecule has 4 aliphatic rings. The number of rotatable bonds is 5. The molecule has 2 unspecified atom stereocenters. The number of pyridine rings is 1. The van der Waals surface area contributed by atoms with Crippen LogP contribution in [-0.4, -0.2) is 0 Å². The van der Waals surface area contributed by atoms with Crippen LogP contribution in [0.2, 0.25) is 0 Å². The quantitative estimate of drug-likeness (QED) is 0.161. The van der Waals surface area contributed by atoms with Gasteiger partial charge in [-0.25, -0.2) is 4.90 Å². The highest BCUT2D eigenvalue weighted by molar-refractivity contribution is 6.03. The van der Waals surface area contributed by atoms with Crippen LogP contribution in [0.15, 0.2) is 133 Å². The molecule has 0 saturated heterocycles. The minimum Gasteiger partial charge on any atom is -0.410 e. The fourth-order valence-electron chi connectivity index (χ4n) is 10.4. The molecule has 5 heterocycles. The SMILES string of the molecule is [2H]c1c([2H])c(C([2H])([2H])[2H])c([2H])c([2H])c1-c1c([2H])c([2H])[n+]2c(c1[2H])-c1cc(C(C)(C)C)cc3c1C21Oc2c(cc(C(C)(C)C)cc2C(C)(C)C)C2N(c4ccc(C(C)(C)CC)cc4-c4ccccc4)c4cccc-3c4N21. The summed E-state index contributed by atoms with van der Waals surface area (Å²) in [5, 5.41) is 0. The highest BCUT2D eigenvalue weighted by atomic mass is 16.5. The van der Waals surface area contributed by atoms with Gasteiger partial charge < -0.3 is 9.64 Å². The standard InChI is InChI=1S/C61H64N3O/c1-14-60(12,13)41-27-28-50(45(32-41)39-19-16-15-17-20-39)63-51-22-18-21-44-46-33-42(57(3,4)5)34-47-52-31-40(38-25-23-37(2)24-26-38)29-30-62(52)61(53(46)47)64(54(44)51)56(63)48-35-43(58(6,7)8)36-49(55(48)65-61)59(9,10)11/h15-36,56H,14H2,1-13H3/q+1/i2D3,23D,24D,25D,26D,29D,30D,31D. The molecule has 1 aromatic heterocycles. The van der Waals surface area contributed by atoms with E-state index < -0.39 is 71.0 Å². The third-order valence-electron chi connectivity index (χ3n) is 14.5. The van der Waals surface area contributed by atoms with E-state index in [9.17, 15) is 6.85 Å². The van der Waals surface area contributed by atoms with Gasteiger partial charge in [0.15, 0.2) is 6.17 Å². The first-order valence-corrected chi connectivity index (χ1v) is 23.0. The predicted octanol–water partition coefficient (Wildman–Crippen LogP) is 15.6. The van der Waals surface area contributed by atoms with Gasteiger partial charge in [-0.05, 0) is 105 Å². The Kier molecular flexibility index (Phi) is 6.68. The highest BCUT2D eigenvalue weighted by Crippen LogP contribution is 2.68. The summed E-state index contributed by atoms with van der Waals surface area (Å²) in [6, 6.07) is 28.7. The predicted molar refractivity (Wildman–Crippen MR) is 270 cm³/mol. The molecule has 0 N–H and O–H groups in total. The molecule has 0 saturated carbocycles. The van der Waals surface area contributed by atoms with Gasteiger partial charge in [0.1, 0.15) is 18.8 Å². The van der Waals surface area contributed by atoms with Crippen molar-refractivity contribution in [3.63, 3.8) is 0 Å². The summed E-state index contributed by atoms with van der Waals surface area (Å²) in [5.41, 5.74) is 10.4. The van der Waals surface area contributed by atoms with Crippen LogP contribution in [0.3, 0.4) is 0 Å². The molecule has 11 rings (SSSR count). The number of fused-ring (bicyclic) bond motifs is 5. The third-order valence-corrected chi connectivity index (χ3v) is 14.5. The molecule has 4 heteroatoms. The lowest BCUT2D eigenvalue weighted by Crippen LogP contribution is -2.71. The Labute approximate surface area is 401 Å². The number of hydrogen-bond acceptors (Lipinski definition) is 3. The van der Waals surface area contributed by atoms with E-state index in [1.54, 1.807) is 4.57 Å². The lowest BCUT2D eigenvalue weighted by Gasteiger charge is -2.49. The Morgan fingerprint density at radius 2 is 1.34 bits per heavy atom. The molecule has 0 aliphatic carbocycles. The van der Waals surface area contributed by atoms with Gasteiger partial charge in [-0.15, -0.1) is 4.57 Å². The van der Waals surface area contributed by atoms with Crippen LogP contribution in [0.4, 0.5) is 17.1 Å². The van der Waals surface area contributed by atoms with E-state index in [4.69, 9.17) is 11.6 Å². The second-order valence-corrected chi connectivity index (χ2v) is 22.1. The minimum absolute atomic E-state index is 0.132. The van der Waals surface area contributed by atoms with Crippen LogP contribution in [-0.2, 0) is 27.5 Å². The monoisotopic (exact) mass is 865 g/mol. The van der Waals surface area contributed by atoms with Gasteiger partial charge in [0, 0.05) is 44.0 Å². The van der Waals surface area contributed by atoms with Crippen molar-refractivity contribution in [1.29, 1.82) is 0 Å². The Balaban J connectivity index is 1.34. The van der Waals surface area contributed by atoms with Crippen molar-refractivity contribution in [2.75, 3.05) is 9.80 Å². The van der Waals surface area contributed by atoms with Crippen molar-refractivity contribution in [2.24, 2.45) is 0 Å². The maximum Gasteiger partial charge on any atom is 0.432 e. The molecule has 7 aromatic rings. The smallest absolute Gasteiger partial charge is 0.410 e. The van der Waals surface area contributed by atoms with Gasteiger partial charge in [0.2, 0.25) is 5.69 Å². The molecule has 0 amide bonds. The lowest BCUT2D eigenvalue weighted by atomic mass is 9.77. The first-order chi connectivity index (χ1) is 34.9. The molecule has 328 valence electrons. The molecule has 2 atom stereocenters. The molecule has 0 radical (unpaired) electrons. The first-order valence-electron chi connectivity index (χ1n) is 28.0. The Morgan fingerprint density at radius 3 is 2.02 bits per heavy atom. The minimum atomic E-state index is -2.97. The normalized spacial score (nSPS) is 20.3. The average Bonchev–Trinajstić information content (AvgIpc) is 4.07. The van der Waals surface area contributed by atoms with Crippen LogP contribution >= 0.6 is 0 Å². The molecular weight excluding hydrogens is 791 g/mol. The molecule has 0 fully saturated rings. The Hall–Kier alpha value is -6.13. The number of nitrogens with zero attached hydrogens (tertiary/aromatic N) is 3. The van der Waals surface area contributed by atoms with Crippen molar-refractivity contribution in [2.45, 2.75) is 130 Å². The molecule has 1 spiro atoms. The number of hydrogen-bond donors (Lipinski definition) is 0. The zero-order valence-electron chi connectivity index (χ0n) is 49.7. The van der Waals surface area contributed by atoms with E-state index >= 15 is 0 Å². The second kappa shape index (κ2) is 13.7. The van der Waals surface area contributed by atoms with Crippen LogP contribution < -0.4 is 19.1 Å². The zero-order valence-corrected chi connectivity index (χ0v) is 39.7. The van der Waals surface area contributed by atoms with E-state index in [-0.39, 0.29) is 34.3 Å². The van der Waals surface area contributed by atoms with Crippen molar-refractivity contribution in [3.05, 3.63) is 172 Å². The summed E-state index contributed by atoms with van der Waals surface area (Å²) in [5.74, 6) is -1.13. The van der Waals surface area contributed by atoms with Crippen LogP contribution in [0.25, 0.3) is 44.6 Å². The van der Waals surface area contributed by atoms with E-state index in [1.807, 2.05) is 12.1 Å². The first kappa shape index (κ1) is 31.7. The number of benzene rings is 6.